The Morgan fingerprint density at radius 2 is 2.00 bits per heavy atom. The van der Waals surface area contributed by atoms with Crippen LogP contribution in [-0.4, -0.2) is 51.0 Å². The van der Waals surface area contributed by atoms with E-state index in [1.807, 2.05) is 12.1 Å². The normalized spacial score (nSPS) is 21.5. The lowest BCUT2D eigenvalue weighted by Gasteiger charge is -2.22. The Kier molecular flexibility index (Phi) is 9.01. The summed E-state index contributed by atoms with van der Waals surface area (Å²) in [4.78, 5) is 4.71. The Bertz CT molecular complexity index is 521. The van der Waals surface area contributed by atoms with Crippen LogP contribution < -0.4 is 10.6 Å². The summed E-state index contributed by atoms with van der Waals surface area (Å²) in [6.07, 6.45) is 13.0. The molecule has 1 aliphatic carbocycles. The van der Waals surface area contributed by atoms with Crippen molar-refractivity contribution in [2.45, 2.75) is 70.0 Å². The molecule has 1 aromatic rings. The maximum atomic E-state index is 6.00. The van der Waals surface area contributed by atoms with E-state index in [2.05, 4.69) is 10.6 Å². The molecule has 6 nitrogen and oxygen atoms in total. The van der Waals surface area contributed by atoms with Crippen LogP contribution >= 0.6 is 0 Å². The zero-order valence-corrected chi connectivity index (χ0v) is 16.5. The van der Waals surface area contributed by atoms with E-state index in [1.54, 1.807) is 6.26 Å². The van der Waals surface area contributed by atoms with Crippen molar-refractivity contribution in [2.75, 3.05) is 32.8 Å². The van der Waals surface area contributed by atoms with Gasteiger partial charge in [0, 0.05) is 32.7 Å². The molecule has 0 aromatic carbocycles. The van der Waals surface area contributed by atoms with E-state index in [0.717, 1.165) is 63.7 Å². The van der Waals surface area contributed by atoms with Crippen molar-refractivity contribution in [3.8, 4) is 0 Å². The van der Waals surface area contributed by atoms with E-state index in [4.69, 9.17) is 18.9 Å². The van der Waals surface area contributed by atoms with Crippen molar-refractivity contribution < 1.29 is 13.9 Å². The second-order valence-corrected chi connectivity index (χ2v) is 7.49. The molecule has 6 heteroatoms. The number of guanidine groups is 1. The minimum absolute atomic E-state index is 0.267. The molecular weight excluding hydrogens is 342 g/mol. The predicted molar refractivity (Wildman–Crippen MR) is 107 cm³/mol. The lowest BCUT2D eigenvalue weighted by molar-refractivity contribution is 0.0277. The fraction of sp³-hybridized carbons (Fsp3) is 0.762. The standard InChI is InChI=1S/C21H35N3O3/c1-2-7-18(8-3-1)26-16-6-12-22-21(24-17-20-10-5-15-27-20)23-13-11-19-9-4-14-25-19/h4,9,14,18,20H,1-3,5-8,10-13,15-17H2,(H2,22,23,24). The molecule has 1 atom stereocenters. The number of aliphatic imine (C=N–C) groups is 1. The third-order valence-electron chi connectivity index (χ3n) is 5.24. The van der Waals surface area contributed by atoms with Crippen molar-refractivity contribution in [1.29, 1.82) is 0 Å². The lowest BCUT2D eigenvalue weighted by atomic mass is 9.98. The van der Waals surface area contributed by atoms with Gasteiger partial charge in [-0.1, -0.05) is 19.3 Å². The SMILES string of the molecule is c1coc(CCNC(=NCC2CCCO2)NCCCOC2CCCCC2)c1. The van der Waals surface area contributed by atoms with E-state index in [9.17, 15) is 0 Å². The van der Waals surface area contributed by atoms with Crippen LogP contribution in [0.5, 0.6) is 0 Å². The van der Waals surface area contributed by atoms with E-state index < -0.39 is 0 Å². The molecular formula is C21H35N3O3. The quantitative estimate of drug-likeness (QED) is 0.372. The predicted octanol–water partition coefficient (Wildman–Crippen LogP) is 3.28. The monoisotopic (exact) mass is 377 g/mol. The number of hydrogen-bond acceptors (Lipinski definition) is 4. The summed E-state index contributed by atoms with van der Waals surface area (Å²) in [5.74, 6) is 1.84. The van der Waals surface area contributed by atoms with Gasteiger partial charge in [0.05, 0.1) is 25.0 Å². The van der Waals surface area contributed by atoms with Gasteiger partial charge in [0.25, 0.3) is 0 Å². The van der Waals surface area contributed by atoms with Crippen LogP contribution in [-0.2, 0) is 15.9 Å². The molecule has 1 saturated heterocycles. The number of rotatable bonds is 10. The number of nitrogens with one attached hydrogen (secondary N) is 2. The number of nitrogens with zero attached hydrogens (tertiary/aromatic N) is 1. The Balaban J connectivity index is 1.34. The maximum Gasteiger partial charge on any atom is 0.191 e. The average Bonchev–Trinajstić information content (AvgIpc) is 3.40. The summed E-state index contributed by atoms with van der Waals surface area (Å²) in [5, 5.41) is 6.84. The zero-order valence-electron chi connectivity index (χ0n) is 16.5. The van der Waals surface area contributed by atoms with Crippen LogP contribution in [0.1, 0.15) is 57.1 Å². The first-order valence-electron chi connectivity index (χ1n) is 10.7. The molecule has 3 rings (SSSR count). The molecule has 2 N–H and O–H groups in total. The Hall–Kier alpha value is -1.53. The lowest BCUT2D eigenvalue weighted by Crippen LogP contribution is -2.39. The molecule has 1 unspecified atom stereocenters. The van der Waals surface area contributed by atoms with E-state index in [-0.39, 0.29) is 6.10 Å². The van der Waals surface area contributed by atoms with Crippen LogP contribution in [0, 0.1) is 0 Å². The fourth-order valence-electron chi connectivity index (χ4n) is 3.68. The molecule has 2 aliphatic rings. The minimum Gasteiger partial charge on any atom is -0.469 e. The molecule has 2 fully saturated rings. The second kappa shape index (κ2) is 12.0. The Morgan fingerprint density at radius 1 is 1.11 bits per heavy atom. The summed E-state index contributed by atoms with van der Waals surface area (Å²) in [6, 6.07) is 3.92. The fourth-order valence-corrected chi connectivity index (χ4v) is 3.68. The molecule has 1 aliphatic heterocycles. The van der Waals surface area contributed by atoms with Crippen LogP contribution in [0.2, 0.25) is 0 Å². The zero-order chi connectivity index (χ0) is 18.6. The molecule has 152 valence electrons. The molecule has 0 radical (unpaired) electrons. The summed E-state index contributed by atoms with van der Waals surface area (Å²) >= 11 is 0. The van der Waals surface area contributed by atoms with E-state index in [1.165, 1.54) is 32.1 Å². The van der Waals surface area contributed by atoms with Gasteiger partial charge < -0.3 is 24.5 Å². The second-order valence-electron chi connectivity index (χ2n) is 7.49. The van der Waals surface area contributed by atoms with Gasteiger partial charge in [0.15, 0.2) is 5.96 Å². The molecule has 27 heavy (non-hydrogen) atoms. The van der Waals surface area contributed by atoms with Crippen LogP contribution in [0.3, 0.4) is 0 Å². The van der Waals surface area contributed by atoms with E-state index in [0.29, 0.717) is 12.6 Å². The Morgan fingerprint density at radius 3 is 2.78 bits per heavy atom. The molecule has 0 bridgehead atoms. The van der Waals surface area contributed by atoms with Crippen molar-refractivity contribution >= 4 is 5.96 Å². The molecule has 1 saturated carbocycles. The summed E-state index contributed by atoms with van der Waals surface area (Å²) in [6.45, 7) is 4.07. The Labute approximate surface area is 163 Å². The molecule has 2 heterocycles. The van der Waals surface area contributed by atoms with Crippen molar-refractivity contribution in [2.24, 2.45) is 4.99 Å². The summed E-state index contributed by atoms with van der Waals surface area (Å²) in [5.41, 5.74) is 0. The third kappa shape index (κ3) is 7.93. The molecule has 0 amide bonds. The first-order chi connectivity index (χ1) is 13.4. The smallest absolute Gasteiger partial charge is 0.191 e. The van der Waals surface area contributed by atoms with Gasteiger partial charge in [-0.2, -0.15) is 0 Å². The molecule has 0 spiro atoms. The highest BCUT2D eigenvalue weighted by Crippen LogP contribution is 2.20. The van der Waals surface area contributed by atoms with Gasteiger partial charge in [0.2, 0.25) is 0 Å². The summed E-state index contributed by atoms with van der Waals surface area (Å²) < 4.78 is 17.1. The van der Waals surface area contributed by atoms with Gasteiger partial charge in [-0.05, 0) is 44.2 Å². The number of hydrogen-bond donors (Lipinski definition) is 2. The van der Waals surface area contributed by atoms with Crippen molar-refractivity contribution in [3.63, 3.8) is 0 Å². The maximum absolute atomic E-state index is 6.00. The van der Waals surface area contributed by atoms with Crippen LogP contribution in [0.4, 0.5) is 0 Å². The summed E-state index contributed by atoms with van der Waals surface area (Å²) in [7, 11) is 0. The highest BCUT2D eigenvalue weighted by Gasteiger charge is 2.15. The van der Waals surface area contributed by atoms with E-state index >= 15 is 0 Å². The highest BCUT2D eigenvalue weighted by molar-refractivity contribution is 5.79. The highest BCUT2D eigenvalue weighted by atomic mass is 16.5. The number of ether oxygens (including phenoxy) is 2. The van der Waals surface area contributed by atoms with Crippen molar-refractivity contribution in [1.82, 2.24) is 10.6 Å². The van der Waals surface area contributed by atoms with Crippen LogP contribution in [0.25, 0.3) is 0 Å². The first-order valence-corrected chi connectivity index (χ1v) is 10.7. The van der Waals surface area contributed by atoms with Crippen molar-refractivity contribution in [3.05, 3.63) is 24.2 Å². The minimum atomic E-state index is 0.267. The number of furan rings is 1. The van der Waals surface area contributed by atoms with Gasteiger partial charge in [-0.3, -0.25) is 4.99 Å². The third-order valence-corrected chi connectivity index (χ3v) is 5.24. The molecule has 1 aromatic heterocycles. The van der Waals surface area contributed by atoms with Gasteiger partial charge in [-0.25, -0.2) is 0 Å². The largest absolute Gasteiger partial charge is 0.469 e. The topological polar surface area (TPSA) is 68.0 Å². The van der Waals surface area contributed by atoms with Gasteiger partial charge in [0.1, 0.15) is 5.76 Å². The van der Waals surface area contributed by atoms with Gasteiger partial charge >= 0.3 is 0 Å². The van der Waals surface area contributed by atoms with Gasteiger partial charge in [-0.15, -0.1) is 0 Å². The average molecular weight is 378 g/mol. The van der Waals surface area contributed by atoms with Crippen LogP contribution in [0.15, 0.2) is 27.8 Å². The first kappa shape index (κ1) is 20.2.